The highest BCUT2D eigenvalue weighted by Crippen LogP contribution is 1.88. The Morgan fingerprint density at radius 3 is 1.12 bits per heavy atom. The molecule has 0 rings (SSSR count). The Kier molecular flexibility index (Phi) is 19.5. The Morgan fingerprint density at radius 2 is 1.12 bits per heavy atom. The third-order valence-electron chi connectivity index (χ3n) is 1.53. The Balaban J connectivity index is -0.0000000800. The van der Waals surface area contributed by atoms with Crippen molar-refractivity contribution in [1.29, 1.82) is 0 Å². The van der Waals surface area contributed by atoms with E-state index < -0.39 is 0 Å². The molecule has 0 bridgehead atoms. The number of hydrogen-bond donors (Lipinski definition) is 1. The predicted octanol–water partition coefficient (Wildman–Crippen LogP) is -5.38. The van der Waals surface area contributed by atoms with Gasteiger partial charge in [-0.1, -0.05) is 0 Å². The molecule has 0 aromatic carbocycles. The van der Waals surface area contributed by atoms with Crippen molar-refractivity contribution < 1.29 is 38.9 Å². The van der Waals surface area contributed by atoms with E-state index in [4.69, 9.17) is 16.7 Å². The van der Waals surface area contributed by atoms with Crippen molar-refractivity contribution in [3.63, 3.8) is 0 Å². The maximum absolute atomic E-state index is 8.39. The fourth-order valence-electron chi connectivity index (χ4n) is 0.554. The van der Waals surface area contributed by atoms with E-state index in [1.807, 2.05) is 0 Å². The molecule has 104 valence electrons. The number of quaternary nitrogens is 2. The molecule has 0 saturated carbocycles. The predicted molar refractivity (Wildman–Crippen MR) is 63.6 cm³/mol. The summed E-state index contributed by atoms with van der Waals surface area (Å²) in [5.74, 6) is 0.753. The minimum absolute atomic E-state index is 0. The lowest BCUT2D eigenvalue weighted by molar-refractivity contribution is -0.870. The summed E-state index contributed by atoms with van der Waals surface area (Å²) < 4.78 is 1.81. The Morgan fingerprint density at radius 1 is 0.812 bits per heavy atom. The first-order valence-electron chi connectivity index (χ1n) is 4.90. The number of halogens is 3. The molecule has 0 saturated heterocycles. The molecule has 0 aliphatic heterocycles. The number of aliphatic hydroxyl groups excluding tert-OH is 1. The summed E-state index contributed by atoms with van der Waals surface area (Å²) in [6.45, 7) is 2.16. The van der Waals surface area contributed by atoms with Crippen LogP contribution in [0.25, 0.3) is 0 Å². The lowest BCUT2D eigenvalue weighted by atomic mass is 10.5. The fraction of sp³-hybridized carbons (Fsp3) is 1.00. The summed E-state index contributed by atoms with van der Waals surface area (Å²) in [5, 5.41) is 8.39. The van der Waals surface area contributed by atoms with Crippen LogP contribution in [-0.4, -0.2) is 81.9 Å². The van der Waals surface area contributed by atoms with Gasteiger partial charge >= 0.3 is 0 Å². The van der Waals surface area contributed by atoms with Crippen LogP contribution in [0.3, 0.4) is 0 Å². The lowest BCUT2D eigenvalue weighted by Gasteiger charge is -2.21. The minimum Gasteiger partial charge on any atom is -1.00 e. The van der Waals surface area contributed by atoms with Crippen LogP contribution < -0.4 is 24.8 Å². The standard InChI is InChI=1S/C5H13ClN.C5H14NO.2ClH/c1-7(2,3)5-4-6;1-6(2,3)4-5-7;;/h4-5H2,1-3H3;7H,4-5H2,1-3H3;2*1H/q2*+1;;/p-2. The number of aliphatic hydroxyl groups is 1. The van der Waals surface area contributed by atoms with Crippen molar-refractivity contribution in [2.24, 2.45) is 0 Å². The molecule has 0 atom stereocenters. The van der Waals surface area contributed by atoms with Crippen molar-refractivity contribution in [1.82, 2.24) is 0 Å². The average molecular weight is 298 g/mol. The van der Waals surface area contributed by atoms with Gasteiger partial charge in [0.25, 0.3) is 0 Å². The van der Waals surface area contributed by atoms with Crippen LogP contribution in [-0.2, 0) is 0 Å². The van der Waals surface area contributed by atoms with Crippen molar-refractivity contribution in [3.8, 4) is 0 Å². The minimum atomic E-state index is 0. The van der Waals surface area contributed by atoms with Gasteiger partial charge in [0.2, 0.25) is 0 Å². The Labute approximate surface area is 118 Å². The summed E-state index contributed by atoms with van der Waals surface area (Å²) >= 11 is 5.47. The molecular weight excluding hydrogens is 270 g/mol. The third kappa shape index (κ3) is 36.4. The van der Waals surface area contributed by atoms with Crippen LogP contribution in [0, 0.1) is 0 Å². The fourth-order valence-corrected chi connectivity index (χ4v) is 1.06. The van der Waals surface area contributed by atoms with Crippen LogP contribution in [0.4, 0.5) is 0 Å². The van der Waals surface area contributed by atoms with Gasteiger partial charge in [0.1, 0.15) is 6.54 Å². The molecule has 0 aliphatic rings. The maximum atomic E-state index is 8.39. The van der Waals surface area contributed by atoms with Gasteiger partial charge in [0.15, 0.2) is 0 Å². The molecule has 6 heteroatoms. The van der Waals surface area contributed by atoms with Crippen molar-refractivity contribution in [2.75, 3.05) is 67.9 Å². The zero-order valence-corrected chi connectivity index (χ0v) is 13.6. The number of nitrogens with zero attached hydrogens (tertiary/aromatic N) is 2. The molecular formula is C10H27Cl3N2O. The van der Waals surface area contributed by atoms with Crippen molar-refractivity contribution in [2.45, 2.75) is 0 Å². The van der Waals surface area contributed by atoms with Gasteiger partial charge in [0.05, 0.1) is 61.3 Å². The number of rotatable bonds is 4. The first-order valence-corrected chi connectivity index (χ1v) is 5.43. The topological polar surface area (TPSA) is 20.2 Å². The molecule has 0 aromatic rings. The van der Waals surface area contributed by atoms with E-state index >= 15 is 0 Å². The Hall–Kier alpha value is 0.750. The van der Waals surface area contributed by atoms with E-state index in [1.54, 1.807) is 0 Å². The summed E-state index contributed by atoms with van der Waals surface area (Å²) in [6, 6.07) is 0. The maximum Gasteiger partial charge on any atom is 0.101 e. The van der Waals surface area contributed by atoms with E-state index in [0.29, 0.717) is 0 Å². The van der Waals surface area contributed by atoms with Crippen LogP contribution in [0.5, 0.6) is 0 Å². The zero-order valence-electron chi connectivity index (χ0n) is 11.3. The van der Waals surface area contributed by atoms with E-state index in [0.717, 1.165) is 27.9 Å². The van der Waals surface area contributed by atoms with Crippen LogP contribution in [0.1, 0.15) is 0 Å². The van der Waals surface area contributed by atoms with Crippen molar-refractivity contribution >= 4 is 11.6 Å². The first-order chi connectivity index (χ1) is 6.12. The quantitative estimate of drug-likeness (QED) is 0.406. The van der Waals surface area contributed by atoms with Crippen LogP contribution in [0.2, 0.25) is 0 Å². The summed E-state index contributed by atoms with van der Waals surface area (Å²) in [6.07, 6.45) is 0. The monoisotopic (exact) mass is 296 g/mol. The number of alkyl halides is 1. The van der Waals surface area contributed by atoms with Gasteiger partial charge in [-0.05, 0) is 0 Å². The summed E-state index contributed by atoms with van der Waals surface area (Å²) in [4.78, 5) is 0. The van der Waals surface area contributed by atoms with Gasteiger partial charge in [0, 0.05) is 0 Å². The van der Waals surface area contributed by atoms with E-state index in [-0.39, 0.29) is 31.4 Å². The van der Waals surface area contributed by atoms with Gasteiger partial charge < -0.3 is 38.9 Å². The van der Waals surface area contributed by atoms with Gasteiger partial charge in [-0.3, -0.25) is 0 Å². The SMILES string of the molecule is C[N+](C)(C)CCCl.C[N+](C)(C)CCO.[Cl-].[Cl-]. The van der Waals surface area contributed by atoms with E-state index in [9.17, 15) is 0 Å². The normalized spacial score (nSPS) is 10.5. The van der Waals surface area contributed by atoms with Gasteiger partial charge in [-0.25, -0.2) is 0 Å². The molecule has 3 nitrogen and oxygen atoms in total. The van der Waals surface area contributed by atoms with E-state index in [2.05, 4.69) is 42.3 Å². The molecule has 0 amide bonds. The molecule has 0 aliphatic carbocycles. The molecule has 16 heavy (non-hydrogen) atoms. The Bertz CT molecular complexity index is 117. The highest BCUT2D eigenvalue weighted by molar-refractivity contribution is 6.17. The smallest absolute Gasteiger partial charge is 0.101 e. The van der Waals surface area contributed by atoms with E-state index in [1.165, 1.54) is 0 Å². The number of hydrogen-bond acceptors (Lipinski definition) is 1. The molecule has 0 aromatic heterocycles. The second-order valence-corrected chi connectivity index (χ2v) is 5.82. The largest absolute Gasteiger partial charge is 1.00 e. The molecule has 0 unspecified atom stereocenters. The van der Waals surface area contributed by atoms with Crippen molar-refractivity contribution in [3.05, 3.63) is 0 Å². The third-order valence-corrected chi connectivity index (χ3v) is 1.70. The van der Waals surface area contributed by atoms with Gasteiger partial charge in [-0.2, -0.15) is 0 Å². The van der Waals surface area contributed by atoms with Gasteiger partial charge in [-0.15, -0.1) is 11.6 Å². The molecule has 0 heterocycles. The molecule has 0 spiro atoms. The lowest BCUT2D eigenvalue weighted by Crippen LogP contribution is -3.00. The molecule has 1 N–H and O–H groups in total. The van der Waals surface area contributed by atoms with Crippen LogP contribution >= 0.6 is 11.6 Å². The number of likely N-dealkylation sites (N-methyl/N-ethyl adjacent to an activating group) is 1. The molecule has 0 radical (unpaired) electrons. The zero-order chi connectivity index (χ0) is 11.8. The second-order valence-electron chi connectivity index (χ2n) is 5.44. The summed E-state index contributed by atoms with van der Waals surface area (Å²) in [7, 11) is 12.5. The summed E-state index contributed by atoms with van der Waals surface area (Å²) in [5.41, 5.74) is 0. The first kappa shape index (κ1) is 25.6. The van der Waals surface area contributed by atoms with Crippen LogP contribution in [0.15, 0.2) is 0 Å². The highest BCUT2D eigenvalue weighted by atomic mass is 35.5. The molecule has 0 fully saturated rings. The second kappa shape index (κ2) is 12.2. The highest BCUT2D eigenvalue weighted by Gasteiger charge is 2.02. The average Bonchev–Trinajstić information content (AvgIpc) is 1.81.